The summed E-state index contributed by atoms with van der Waals surface area (Å²) in [6, 6.07) is 8.97. The lowest BCUT2D eigenvalue weighted by Crippen LogP contribution is -2.35. The van der Waals surface area contributed by atoms with Crippen LogP contribution in [-0.4, -0.2) is 15.7 Å². The molecular weight excluding hydrogens is 350 g/mol. The molecular formula is C23H29N3S. The molecule has 142 valence electrons. The van der Waals surface area contributed by atoms with Gasteiger partial charge in [-0.15, -0.1) is 0 Å². The van der Waals surface area contributed by atoms with Gasteiger partial charge in [0, 0.05) is 30.1 Å². The highest BCUT2D eigenvalue weighted by Crippen LogP contribution is 2.55. The third-order valence-electron chi connectivity index (χ3n) is 7.02. The first-order chi connectivity index (χ1) is 13.2. The van der Waals surface area contributed by atoms with Gasteiger partial charge in [0.2, 0.25) is 0 Å². The van der Waals surface area contributed by atoms with Crippen molar-refractivity contribution in [3.05, 3.63) is 59.2 Å². The van der Waals surface area contributed by atoms with E-state index in [1.54, 1.807) is 0 Å². The number of nitrogens with two attached hydrogens (primary N) is 1. The van der Waals surface area contributed by atoms with Crippen LogP contribution in [0.15, 0.2) is 36.7 Å². The Hall–Kier alpha value is -1.39. The minimum Gasteiger partial charge on any atom is -0.323 e. The van der Waals surface area contributed by atoms with Crippen LogP contribution in [0.3, 0.4) is 0 Å². The standard InChI is InChI=1S/C23H29N3S/c24-22-20-4-2-1-3-18(20)11-23(22)9-7-17(8-10-23)21-13-25-19(12-26-21)15-27-14-16-5-6-16/h1-4,12-13,16-17,22H,5-11,14-15,24H2/t17?,22-,23?/m1/s1. The summed E-state index contributed by atoms with van der Waals surface area (Å²) in [5.41, 5.74) is 12.1. The topological polar surface area (TPSA) is 51.8 Å². The molecule has 1 atom stereocenters. The molecule has 3 aliphatic rings. The van der Waals surface area contributed by atoms with Gasteiger partial charge in [-0.2, -0.15) is 11.8 Å². The highest BCUT2D eigenvalue weighted by molar-refractivity contribution is 7.98. The molecule has 2 saturated carbocycles. The summed E-state index contributed by atoms with van der Waals surface area (Å²) in [7, 11) is 0. The molecule has 2 N–H and O–H groups in total. The van der Waals surface area contributed by atoms with Gasteiger partial charge in [-0.3, -0.25) is 9.97 Å². The summed E-state index contributed by atoms with van der Waals surface area (Å²) >= 11 is 2.01. The monoisotopic (exact) mass is 379 g/mol. The second-order valence-corrected chi connectivity index (χ2v) is 9.91. The molecule has 5 rings (SSSR count). The second-order valence-electron chi connectivity index (χ2n) is 8.88. The maximum absolute atomic E-state index is 6.70. The van der Waals surface area contributed by atoms with E-state index in [1.165, 1.54) is 61.1 Å². The number of benzene rings is 1. The summed E-state index contributed by atoms with van der Waals surface area (Å²) in [5, 5.41) is 0. The van der Waals surface area contributed by atoms with Crippen LogP contribution in [0.5, 0.6) is 0 Å². The zero-order valence-corrected chi connectivity index (χ0v) is 16.8. The van der Waals surface area contributed by atoms with Gasteiger partial charge in [-0.1, -0.05) is 24.3 Å². The molecule has 1 aromatic carbocycles. The quantitative estimate of drug-likeness (QED) is 0.792. The molecule has 27 heavy (non-hydrogen) atoms. The van der Waals surface area contributed by atoms with Crippen molar-refractivity contribution in [2.24, 2.45) is 17.1 Å². The minimum absolute atomic E-state index is 0.201. The smallest absolute Gasteiger partial charge is 0.0685 e. The Bertz CT molecular complexity index is 792. The van der Waals surface area contributed by atoms with E-state index < -0.39 is 0 Å². The molecule has 0 amide bonds. The van der Waals surface area contributed by atoms with Crippen LogP contribution in [-0.2, 0) is 12.2 Å². The van der Waals surface area contributed by atoms with E-state index in [2.05, 4.69) is 24.3 Å². The third kappa shape index (κ3) is 3.54. The molecule has 0 saturated heterocycles. The summed E-state index contributed by atoms with van der Waals surface area (Å²) < 4.78 is 0. The molecule has 0 bridgehead atoms. The van der Waals surface area contributed by atoms with E-state index in [1.807, 2.05) is 24.2 Å². The van der Waals surface area contributed by atoms with Crippen LogP contribution in [0.25, 0.3) is 0 Å². The van der Waals surface area contributed by atoms with Crippen LogP contribution < -0.4 is 5.73 Å². The SMILES string of the molecule is N[C@@H]1c2ccccc2CC12CCC(c1cnc(CSCC3CC3)cn1)CC2. The largest absolute Gasteiger partial charge is 0.323 e. The minimum atomic E-state index is 0.201. The average molecular weight is 380 g/mol. The van der Waals surface area contributed by atoms with E-state index in [0.717, 1.165) is 23.8 Å². The molecule has 2 aromatic rings. The van der Waals surface area contributed by atoms with Gasteiger partial charge in [-0.25, -0.2) is 0 Å². The van der Waals surface area contributed by atoms with Crippen molar-refractivity contribution in [2.45, 2.75) is 62.7 Å². The zero-order valence-electron chi connectivity index (χ0n) is 15.9. The number of nitrogens with zero attached hydrogens (tertiary/aromatic N) is 2. The summed E-state index contributed by atoms with van der Waals surface area (Å²) in [4.78, 5) is 9.48. The van der Waals surface area contributed by atoms with Crippen molar-refractivity contribution >= 4 is 11.8 Å². The Labute approximate surface area is 166 Å². The number of fused-ring (bicyclic) bond motifs is 1. The molecule has 2 fully saturated rings. The molecule has 1 heterocycles. The first-order valence-electron chi connectivity index (χ1n) is 10.5. The first kappa shape index (κ1) is 17.7. The predicted octanol–water partition coefficient (Wildman–Crippen LogP) is 5.02. The molecule has 0 aliphatic heterocycles. The van der Waals surface area contributed by atoms with Gasteiger partial charge in [0.05, 0.1) is 11.4 Å². The number of rotatable bonds is 5. The van der Waals surface area contributed by atoms with Crippen molar-refractivity contribution in [3.63, 3.8) is 0 Å². The van der Waals surface area contributed by atoms with Crippen molar-refractivity contribution in [2.75, 3.05) is 5.75 Å². The number of aromatic nitrogens is 2. The lowest BCUT2D eigenvalue weighted by atomic mass is 9.66. The zero-order chi connectivity index (χ0) is 18.3. The summed E-state index contributed by atoms with van der Waals surface area (Å²) in [5.74, 6) is 3.82. The van der Waals surface area contributed by atoms with E-state index in [9.17, 15) is 0 Å². The lowest BCUT2D eigenvalue weighted by Gasteiger charge is -2.40. The van der Waals surface area contributed by atoms with Gasteiger partial charge in [0.1, 0.15) is 0 Å². The fraction of sp³-hybridized carbons (Fsp3) is 0.565. The maximum Gasteiger partial charge on any atom is 0.0685 e. The Kier molecular flexibility index (Phi) is 4.73. The van der Waals surface area contributed by atoms with Crippen LogP contribution in [0.4, 0.5) is 0 Å². The number of hydrogen-bond acceptors (Lipinski definition) is 4. The van der Waals surface area contributed by atoms with Gasteiger partial charge in [-0.05, 0) is 73.2 Å². The molecule has 0 unspecified atom stereocenters. The van der Waals surface area contributed by atoms with Gasteiger partial charge < -0.3 is 5.73 Å². The number of hydrogen-bond donors (Lipinski definition) is 1. The normalized spacial score (nSPS) is 29.8. The van der Waals surface area contributed by atoms with E-state index in [0.29, 0.717) is 5.92 Å². The third-order valence-corrected chi connectivity index (χ3v) is 8.22. The summed E-state index contributed by atoms with van der Waals surface area (Å²) in [6.07, 6.45) is 12.8. The van der Waals surface area contributed by atoms with E-state index >= 15 is 0 Å². The summed E-state index contributed by atoms with van der Waals surface area (Å²) in [6.45, 7) is 0. The van der Waals surface area contributed by atoms with E-state index in [4.69, 9.17) is 15.7 Å². The second kappa shape index (κ2) is 7.21. The Morgan fingerprint density at radius 3 is 2.56 bits per heavy atom. The van der Waals surface area contributed by atoms with Crippen molar-refractivity contribution in [1.82, 2.24) is 9.97 Å². The van der Waals surface area contributed by atoms with Crippen molar-refractivity contribution in [1.29, 1.82) is 0 Å². The average Bonchev–Trinajstić information content (AvgIpc) is 3.49. The maximum atomic E-state index is 6.70. The Morgan fingerprint density at radius 1 is 1.04 bits per heavy atom. The fourth-order valence-electron chi connectivity index (χ4n) is 5.06. The van der Waals surface area contributed by atoms with Gasteiger partial charge in [0.15, 0.2) is 0 Å². The van der Waals surface area contributed by atoms with Crippen LogP contribution in [0, 0.1) is 11.3 Å². The van der Waals surface area contributed by atoms with Crippen LogP contribution >= 0.6 is 11.8 Å². The highest BCUT2D eigenvalue weighted by Gasteiger charge is 2.46. The van der Waals surface area contributed by atoms with Crippen LogP contribution in [0.2, 0.25) is 0 Å². The molecule has 0 radical (unpaired) electrons. The number of thioether (sulfide) groups is 1. The van der Waals surface area contributed by atoms with Crippen molar-refractivity contribution in [3.8, 4) is 0 Å². The fourth-order valence-corrected chi connectivity index (χ4v) is 6.20. The van der Waals surface area contributed by atoms with Gasteiger partial charge >= 0.3 is 0 Å². The molecule has 1 aromatic heterocycles. The molecule has 1 spiro atoms. The van der Waals surface area contributed by atoms with Crippen LogP contribution in [0.1, 0.15) is 73.0 Å². The van der Waals surface area contributed by atoms with Gasteiger partial charge in [0.25, 0.3) is 0 Å². The van der Waals surface area contributed by atoms with E-state index in [-0.39, 0.29) is 11.5 Å². The van der Waals surface area contributed by atoms with Crippen molar-refractivity contribution < 1.29 is 0 Å². The molecule has 3 aliphatic carbocycles. The highest BCUT2D eigenvalue weighted by atomic mass is 32.2. The predicted molar refractivity (Wildman–Crippen MR) is 112 cm³/mol. The molecule has 3 nitrogen and oxygen atoms in total. The Morgan fingerprint density at radius 2 is 1.85 bits per heavy atom. The molecule has 4 heteroatoms. The first-order valence-corrected chi connectivity index (χ1v) is 11.6. The lowest BCUT2D eigenvalue weighted by molar-refractivity contribution is 0.148. The Balaban J connectivity index is 1.19.